The van der Waals surface area contributed by atoms with Gasteiger partial charge in [-0.25, -0.2) is 4.99 Å². The topological polar surface area (TPSA) is 37.7 Å². The number of benzene rings is 2. The zero-order valence-corrected chi connectivity index (χ0v) is 26.5. The van der Waals surface area contributed by atoms with Crippen molar-refractivity contribution in [3.63, 3.8) is 0 Å². The maximum Gasteiger partial charge on any atom is 0.140 e. The first-order chi connectivity index (χ1) is 20.3. The summed E-state index contributed by atoms with van der Waals surface area (Å²) in [5.74, 6) is 1.96. The Morgan fingerprint density at radius 1 is 0.952 bits per heavy atom. The van der Waals surface area contributed by atoms with E-state index in [9.17, 15) is 0 Å². The van der Waals surface area contributed by atoms with Gasteiger partial charge in [-0.3, -0.25) is 14.8 Å². The second kappa shape index (κ2) is 14.2. The molecule has 5 rings (SSSR count). The van der Waals surface area contributed by atoms with Gasteiger partial charge in [-0.2, -0.15) is 0 Å². The predicted octanol–water partition coefficient (Wildman–Crippen LogP) is 6.20. The summed E-state index contributed by atoms with van der Waals surface area (Å²) < 4.78 is 0. The third-order valence-electron chi connectivity index (χ3n) is 8.57. The molecule has 0 saturated carbocycles. The summed E-state index contributed by atoms with van der Waals surface area (Å²) in [6.45, 7) is 12.7. The van der Waals surface area contributed by atoms with Gasteiger partial charge in [0.25, 0.3) is 0 Å². The molecule has 2 aromatic carbocycles. The second-order valence-corrected chi connectivity index (χ2v) is 12.4. The number of aliphatic imine (C=N–C) groups is 2. The molecule has 0 bridgehead atoms. The van der Waals surface area contributed by atoms with Gasteiger partial charge in [0.05, 0.1) is 18.6 Å². The van der Waals surface area contributed by atoms with Crippen LogP contribution >= 0.6 is 23.2 Å². The Bertz CT molecular complexity index is 1290. The van der Waals surface area contributed by atoms with Crippen LogP contribution < -0.4 is 0 Å². The Hall–Kier alpha value is -2.74. The monoisotopic (exact) mass is 604 g/mol. The van der Waals surface area contributed by atoms with Crippen LogP contribution in [-0.4, -0.2) is 103 Å². The Morgan fingerprint density at radius 3 is 2.12 bits per heavy atom. The smallest absolute Gasteiger partial charge is 0.140 e. The Balaban J connectivity index is 1.31. The maximum atomic E-state index is 6.23. The largest absolute Gasteiger partial charge is 0.355 e. The van der Waals surface area contributed by atoms with Crippen LogP contribution in [0.15, 0.2) is 95.0 Å². The van der Waals surface area contributed by atoms with Gasteiger partial charge in [-0.15, -0.1) is 0 Å². The van der Waals surface area contributed by atoms with Crippen molar-refractivity contribution in [2.75, 3.05) is 59.9 Å². The van der Waals surface area contributed by atoms with E-state index in [1.54, 1.807) is 6.08 Å². The van der Waals surface area contributed by atoms with Gasteiger partial charge >= 0.3 is 0 Å². The lowest BCUT2D eigenvalue weighted by Crippen LogP contribution is -2.50. The molecular weight excluding hydrogens is 563 g/mol. The summed E-state index contributed by atoms with van der Waals surface area (Å²) in [7, 11) is 4.38. The van der Waals surface area contributed by atoms with Crippen molar-refractivity contribution >= 4 is 34.9 Å². The number of piperazine rings is 1. The fourth-order valence-corrected chi connectivity index (χ4v) is 6.44. The maximum absolute atomic E-state index is 6.23. The van der Waals surface area contributed by atoms with E-state index in [1.807, 2.05) is 36.4 Å². The summed E-state index contributed by atoms with van der Waals surface area (Å²) in [5, 5.41) is 1.50. The quantitative estimate of drug-likeness (QED) is 0.336. The first-order valence-electron chi connectivity index (χ1n) is 14.9. The van der Waals surface area contributed by atoms with E-state index in [-0.39, 0.29) is 12.1 Å². The normalized spacial score (nSPS) is 23.5. The average Bonchev–Trinajstić information content (AvgIpc) is 3.43. The number of nitrogens with zero attached hydrogens (tertiary/aromatic N) is 6. The number of hydrogen-bond acceptors (Lipinski definition) is 6. The summed E-state index contributed by atoms with van der Waals surface area (Å²) in [5.41, 5.74) is 3.63. The van der Waals surface area contributed by atoms with E-state index in [4.69, 9.17) is 33.2 Å². The van der Waals surface area contributed by atoms with Crippen LogP contribution in [0, 0.1) is 0 Å². The zero-order chi connectivity index (χ0) is 29.6. The molecule has 8 heteroatoms. The third-order valence-corrected chi connectivity index (χ3v) is 9.07. The number of likely N-dealkylation sites (tertiary alicyclic amines) is 1. The van der Waals surface area contributed by atoms with E-state index in [1.165, 1.54) is 11.1 Å². The van der Waals surface area contributed by atoms with Crippen LogP contribution in [0.5, 0.6) is 0 Å². The summed E-state index contributed by atoms with van der Waals surface area (Å²) >= 11 is 12.5. The van der Waals surface area contributed by atoms with Gasteiger partial charge in [0, 0.05) is 61.4 Å². The minimum Gasteiger partial charge on any atom is -0.355 e. The van der Waals surface area contributed by atoms with Crippen molar-refractivity contribution < 1.29 is 0 Å². The molecule has 2 saturated heterocycles. The Kier molecular flexibility index (Phi) is 10.3. The van der Waals surface area contributed by atoms with E-state index in [0.717, 1.165) is 79.5 Å². The molecule has 0 aliphatic carbocycles. The average molecular weight is 606 g/mol. The highest BCUT2D eigenvalue weighted by Crippen LogP contribution is 2.31. The minimum absolute atomic E-state index is 0.0454. The van der Waals surface area contributed by atoms with E-state index >= 15 is 0 Å². The van der Waals surface area contributed by atoms with Gasteiger partial charge in [-0.05, 0) is 62.3 Å². The Labute approximate surface area is 261 Å². The molecule has 3 aliphatic heterocycles. The van der Waals surface area contributed by atoms with Crippen LogP contribution in [0.4, 0.5) is 0 Å². The molecule has 222 valence electrons. The molecule has 42 heavy (non-hydrogen) atoms. The van der Waals surface area contributed by atoms with E-state index in [2.05, 4.69) is 77.5 Å². The number of rotatable bonds is 8. The van der Waals surface area contributed by atoms with Crippen molar-refractivity contribution in [2.45, 2.75) is 31.5 Å². The van der Waals surface area contributed by atoms with Crippen molar-refractivity contribution in [1.82, 2.24) is 19.6 Å². The Morgan fingerprint density at radius 2 is 1.57 bits per heavy atom. The summed E-state index contributed by atoms with van der Waals surface area (Å²) in [4.78, 5) is 20.1. The van der Waals surface area contributed by atoms with Crippen molar-refractivity contribution in [3.8, 4) is 0 Å². The molecule has 2 fully saturated rings. The highest BCUT2D eigenvalue weighted by Gasteiger charge is 2.32. The number of halogens is 2. The molecule has 0 spiro atoms. The molecule has 0 radical (unpaired) electrons. The summed E-state index contributed by atoms with van der Waals surface area (Å²) in [6, 6.07) is 17.1. The number of hydrogen-bond donors (Lipinski definition) is 0. The van der Waals surface area contributed by atoms with Gasteiger partial charge in [0.2, 0.25) is 0 Å². The van der Waals surface area contributed by atoms with Gasteiger partial charge in [0.15, 0.2) is 0 Å². The van der Waals surface area contributed by atoms with E-state index < -0.39 is 0 Å². The summed E-state index contributed by atoms with van der Waals surface area (Å²) in [6.07, 6.45) is 9.09. The van der Waals surface area contributed by atoms with Gasteiger partial charge < -0.3 is 9.80 Å². The highest BCUT2D eigenvalue weighted by molar-refractivity contribution is 6.30. The van der Waals surface area contributed by atoms with Crippen LogP contribution in [0.2, 0.25) is 10.0 Å². The lowest BCUT2D eigenvalue weighted by atomic mass is 9.96. The molecule has 6 nitrogen and oxygen atoms in total. The van der Waals surface area contributed by atoms with Gasteiger partial charge in [0.1, 0.15) is 11.7 Å². The van der Waals surface area contributed by atoms with Crippen LogP contribution in [-0.2, 0) is 0 Å². The zero-order valence-electron chi connectivity index (χ0n) is 25.0. The molecule has 2 aromatic rings. The SMILES string of the molecule is C=C/C=C\C=C1\C(N(C)C2CCN(C)C2)=NC(CN2CCN(C(c3ccc(Cl)cc3)c3ccc(Cl)cc3)CC2)=NC1C. The standard InChI is InChI=1S/C34H42Cl2N6/c1-5-6-7-8-31-25(2)37-32(38-34(31)40(4)30-17-18-39(3)23-30)24-41-19-21-42(22-20-41)33(26-9-13-28(35)14-10-26)27-11-15-29(36)16-12-27/h5-16,25,30,33H,1,17-24H2,2-4H3/b7-6-,31-8+. The molecule has 0 N–H and O–H groups in total. The molecule has 3 heterocycles. The first-order valence-corrected chi connectivity index (χ1v) is 15.6. The first kappa shape index (κ1) is 30.7. The minimum atomic E-state index is 0.0454. The molecule has 0 aromatic heterocycles. The van der Waals surface area contributed by atoms with Gasteiger partial charge in [-0.1, -0.05) is 78.4 Å². The van der Waals surface area contributed by atoms with Crippen molar-refractivity contribution in [1.29, 1.82) is 0 Å². The van der Waals surface area contributed by atoms with Crippen molar-refractivity contribution in [2.24, 2.45) is 9.98 Å². The highest BCUT2D eigenvalue weighted by atomic mass is 35.5. The number of amidine groups is 2. The predicted molar refractivity (Wildman–Crippen MR) is 178 cm³/mol. The van der Waals surface area contributed by atoms with E-state index in [0.29, 0.717) is 6.04 Å². The lowest BCUT2D eigenvalue weighted by Gasteiger charge is -2.40. The number of likely N-dealkylation sites (N-methyl/N-ethyl adjacent to an activating group) is 2. The molecule has 2 unspecified atom stereocenters. The molecule has 0 amide bonds. The second-order valence-electron chi connectivity index (χ2n) is 11.5. The lowest BCUT2D eigenvalue weighted by molar-refractivity contribution is 0.120. The van der Waals surface area contributed by atoms with Crippen LogP contribution in [0.3, 0.4) is 0 Å². The van der Waals surface area contributed by atoms with Crippen molar-refractivity contribution in [3.05, 3.63) is 106 Å². The molecular formula is C34H42Cl2N6. The third kappa shape index (κ3) is 7.42. The van der Waals surface area contributed by atoms with Crippen LogP contribution in [0.25, 0.3) is 0 Å². The number of allylic oxidation sites excluding steroid dienone is 4. The fourth-order valence-electron chi connectivity index (χ4n) is 6.19. The fraction of sp³-hybridized carbons (Fsp3) is 0.412. The molecule has 2 atom stereocenters. The molecule has 3 aliphatic rings. The van der Waals surface area contributed by atoms with Crippen LogP contribution in [0.1, 0.15) is 30.5 Å².